The van der Waals surface area contributed by atoms with Crippen molar-refractivity contribution in [2.45, 2.75) is 19.4 Å². The van der Waals surface area contributed by atoms with Gasteiger partial charge < -0.3 is 10.6 Å². The zero-order valence-electron chi connectivity index (χ0n) is 10.6. The van der Waals surface area contributed by atoms with Gasteiger partial charge in [-0.2, -0.15) is 5.10 Å². The Hall–Kier alpha value is -1.23. The molecule has 5 heteroatoms. The normalized spacial score (nSPS) is 21.4. The predicted octanol–water partition coefficient (Wildman–Crippen LogP) is 0.533. The topological polar surface area (TPSA) is 50.3 Å². The second-order valence-corrected chi connectivity index (χ2v) is 5.24. The molecule has 1 aliphatic heterocycles. The van der Waals surface area contributed by atoms with Gasteiger partial charge in [-0.15, -0.1) is 0 Å². The number of nitrogens with two attached hydrogens (primary N) is 1. The summed E-state index contributed by atoms with van der Waals surface area (Å²) in [6.45, 7) is 7.49. The van der Waals surface area contributed by atoms with Crippen LogP contribution < -0.4 is 10.6 Å². The van der Waals surface area contributed by atoms with Crippen LogP contribution in [0.4, 0.5) is 11.5 Å². The molecule has 0 aliphatic carbocycles. The zero-order valence-corrected chi connectivity index (χ0v) is 10.6. The van der Waals surface area contributed by atoms with Gasteiger partial charge >= 0.3 is 0 Å². The lowest BCUT2D eigenvalue weighted by molar-refractivity contribution is 0.138. The van der Waals surface area contributed by atoms with Crippen LogP contribution in [0.3, 0.4) is 0 Å². The molecule has 0 radical (unpaired) electrons. The summed E-state index contributed by atoms with van der Waals surface area (Å²) in [6, 6.07) is 0. The third kappa shape index (κ3) is 1.87. The number of aryl methyl sites for hydroxylation is 1. The van der Waals surface area contributed by atoms with Crippen molar-refractivity contribution in [2.75, 3.05) is 37.3 Å². The van der Waals surface area contributed by atoms with Crippen molar-refractivity contribution in [3.8, 4) is 0 Å². The molecule has 2 rings (SSSR count). The van der Waals surface area contributed by atoms with E-state index in [2.05, 4.69) is 35.8 Å². The first kappa shape index (κ1) is 11.3. The fraction of sp³-hybridized carbons (Fsp3) is 0.727. The summed E-state index contributed by atoms with van der Waals surface area (Å²) < 4.78 is 1.77. The summed E-state index contributed by atoms with van der Waals surface area (Å²) in [5.74, 6) is 0.920. The van der Waals surface area contributed by atoms with E-state index in [0.717, 1.165) is 31.1 Å². The third-order valence-electron chi connectivity index (χ3n) is 3.45. The highest BCUT2D eigenvalue weighted by molar-refractivity contribution is 5.62. The van der Waals surface area contributed by atoms with E-state index in [1.165, 1.54) is 0 Å². The maximum absolute atomic E-state index is 5.96. The first-order chi connectivity index (χ1) is 7.40. The van der Waals surface area contributed by atoms with Crippen LogP contribution in [0, 0.1) is 0 Å². The quantitative estimate of drug-likeness (QED) is 0.754. The van der Waals surface area contributed by atoms with Crippen molar-refractivity contribution >= 4 is 11.5 Å². The van der Waals surface area contributed by atoms with Crippen LogP contribution >= 0.6 is 0 Å². The summed E-state index contributed by atoms with van der Waals surface area (Å²) in [5, 5.41) is 4.42. The molecule has 0 spiro atoms. The molecule has 1 saturated heterocycles. The molecular formula is C11H21N5. The second kappa shape index (κ2) is 3.66. The number of rotatable bonds is 1. The molecule has 1 fully saturated rings. The second-order valence-electron chi connectivity index (χ2n) is 5.24. The molecule has 0 amide bonds. The van der Waals surface area contributed by atoms with E-state index < -0.39 is 0 Å². The van der Waals surface area contributed by atoms with E-state index in [4.69, 9.17) is 5.73 Å². The van der Waals surface area contributed by atoms with Crippen LogP contribution in [0.1, 0.15) is 13.8 Å². The SMILES string of the molecule is CN1CCN(c2nn(C)cc2N)CC1(C)C. The van der Waals surface area contributed by atoms with Crippen LogP contribution in [-0.2, 0) is 7.05 Å². The molecule has 0 unspecified atom stereocenters. The molecule has 2 N–H and O–H groups in total. The van der Waals surface area contributed by atoms with Crippen molar-refractivity contribution in [1.29, 1.82) is 0 Å². The minimum Gasteiger partial charge on any atom is -0.394 e. The maximum atomic E-state index is 5.96. The first-order valence-corrected chi connectivity index (χ1v) is 5.65. The molecule has 1 aliphatic rings. The summed E-state index contributed by atoms with van der Waals surface area (Å²) in [7, 11) is 4.07. The minimum atomic E-state index is 0.169. The average molecular weight is 223 g/mol. The number of nitrogen functional groups attached to an aromatic ring is 1. The Morgan fingerprint density at radius 2 is 2.00 bits per heavy atom. The molecule has 0 bridgehead atoms. The smallest absolute Gasteiger partial charge is 0.173 e. The van der Waals surface area contributed by atoms with Gasteiger partial charge in [-0.1, -0.05) is 0 Å². The van der Waals surface area contributed by atoms with E-state index in [9.17, 15) is 0 Å². The molecule has 90 valence electrons. The minimum absolute atomic E-state index is 0.169. The molecule has 0 atom stereocenters. The van der Waals surface area contributed by atoms with Crippen molar-refractivity contribution in [1.82, 2.24) is 14.7 Å². The number of piperazine rings is 1. The number of hydrogen-bond donors (Lipinski definition) is 1. The molecule has 2 heterocycles. The van der Waals surface area contributed by atoms with E-state index in [1.54, 1.807) is 4.68 Å². The predicted molar refractivity (Wildman–Crippen MR) is 66.5 cm³/mol. The first-order valence-electron chi connectivity index (χ1n) is 5.65. The van der Waals surface area contributed by atoms with Gasteiger partial charge in [-0.3, -0.25) is 9.58 Å². The lowest BCUT2D eigenvalue weighted by Crippen LogP contribution is -2.57. The number of hydrogen-bond acceptors (Lipinski definition) is 4. The van der Waals surface area contributed by atoms with Crippen molar-refractivity contribution in [2.24, 2.45) is 7.05 Å². The number of likely N-dealkylation sites (N-methyl/N-ethyl adjacent to an activating group) is 1. The number of nitrogens with zero attached hydrogens (tertiary/aromatic N) is 4. The number of anilines is 2. The van der Waals surface area contributed by atoms with Gasteiger partial charge in [-0.05, 0) is 20.9 Å². The third-order valence-corrected chi connectivity index (χ3v) is 3.45. The van der Waals surface area contributed by atoms with Gasteiger partial charge in [0.25, 0.3) is 0 Å². The summed E-state index contributed by atoms with van der Waals surface area (Å²) in [5.41, 5.74) is 6.89. The fourth-order valence-electron chi connectivity index (χ4n) is 2.16. The van der Waals surface area contributed by atoms with Crippen LogP contribution in [0.2, 0.25) is 0 Å². The van der Waals surface area contributed by atoms with Crippen molar-refractivity contribution < 1.29 is 0 Å². The highest BCUT2D eigenvalue weighted by Gasteiger charge is 2.32. The van der Waals surface area contributed by atoms with Crippen molar-refractivity contribution in [3.63, 3.8) is 0 Å². The van der Waals surface area contributed by atoms with Crippen LogP contribution in [0.5, 0.6) is 0 Å². The van der Waals surface area contributed by atoms with Gasteiger partial charge in [-0.25, -0.2) is 0 Å². The molecule has 5 nitrogen and oxygen atoms in total. The van der Waals surface area contributed by atoms with E-state index in [0.29, 0.717) is 0 Å². The summed E-state index contributed by atoms with van der Waals surface area (Å²) in [6.07, 6.45) is 1.86. The lowest BCUT2D eigenvalue weighted by atomic mass is 10.00. The van der Waals surface area contributed by atoms with Gasteiger partial charge in [0.05, 0.1) is 5.69 Å². The standard InChI is InChI=1S/C11H21N5/c1-11(2)8-16(6-5-14(11)3)10-9(12)7-15(4)13-10/h7H,5-6,8,12H2,1-4H3. The van der Waals surface area contributed by atoms with E-state index >= 15 is 0 Å². The van der Waals surface area contributed by atoms with Crippen LogP contribution in [0.25, 0.3) is 0 Å². The van der Waals surface area contributed by atoms with Crippen LogP contribution in [-0.4, -0.2) is 46.9 Å². The Kier molecular flexibility index (Phi) is 2.58. The van der Waals surface area contributed by atoms with Gasteiger partial charge in [0.15, 0.2) is 5.82 Å². The van der Waals surface area contributed by atoms with Gasteiger partial charge in [0, 0.05) is 38.4 Å². The Bertz CT molecular complexity index is 382. The molecule has 1 aromatic heterocycles. The molecule has 16 heavy (non-hydrogen) atoms. The van der Waals surface area contributed by atoms with E-state index in [1.807, 2.05) is 13.2 Å². The summed E-state index contributed by atoms with van der Waals surface area (Å²) in [4.78, 5) is 4.65. The lowest BCUT2D eigenvalue weighted by Gasteiger charge is -2.45. The maximum Gasteiger partial charge on any atom is 0.173 e. The van der Waals surface area contributed by atoms with E-state index in [-0.39, 0.29) is 5.54 Å². The molecule has 1 aromatic rings. The largest absolute Gasteiger partial charge is 0.394 e. The average Bonchev–Trinajstić information content (AvgIpc) is 2.50. The monoisotopic (exact) mass is 223 g/mol. The van der Waals surface area contributed by atoms with Crippen molar-refractivity contribution in [3.05, 3.63) is 6.20 Å². The summed E-state index contributed by atoms with van der Waals surface area (Å²) >= 11 is 0. The van der Waals surface area contributed by atoms with Crippen LogP contribution in [0.15, 0.2) is 6.20 Å². The van der Waals surface area contributed by atoms with Gasteiger partial charge in [0.2, 0.25) is 0 Å². The number of aromatic nitrogens is 2. The highest BCUT2D eigenvalue weighted by Crippen LogP contribution is 2.26. The Balaban J connectivity index is 2.21. The molecule has 0 saturated carbocycles. The Morgan fingerprint density at radius 1 is 1.31 bits per heavy atom. The Labute approximate surface area is 96.8 Å². The molecular weight excluding hydrogens is 202 g/mol. The molecule has 0 aromatic carbocycles. The zero-order chi connectivity index (χ0) is 11.9. The fourth-order valence-corrected chi connectivity index (χ4v) is 2.16. The Morgan fingerprint density at radius 3 is 2.50 bits per heavy atom. The highest BCUT2D eigenvalue weighted by atomic mass is 15.4. The van der Waals surface area contributed by atoms with Gasteiger partial charge in [0.1, 0.15) is 0 Å².